The van der Waals surface area contributed by atoms with Gasteiger partial charge < -0.3 is 14.7 Å². The molecule has 0 bridgehead atoms. The maximum Gasteiger partial charge on any atom is 0.253 e. The van der Waals surface area contributed by atoms with E-state index < -0.39 is 0 Å². The average molecular weight is 294 g/mol. The van der Waals surface area contributed by atoms with Gasteiger partial charge in [0.25, 0.3) is 5.91 Å². The van der Waals surface area contributed by atoms with Gasteiger partial charge in [-0.3, -0.25) is 4.79 Å². The molecule has 106 valence electrons. The van der Waals surface area contributed by atoms with Crippen LogP contribution in [0.15, 0.2) is 23.8 Å². The second kappa shape index (κ2) is 5.46. The van der Waals surface area contributed by atoms with Crippen molar-refractivity contribution in [3.63, 3.8) is 0 Å². The average Bonchev–Trinajstić information content (AvgIpc) is 2.46. The van der Waals surface area contributed by atoms with Gasteiger partial charge in [-0.15, -0.1) is 0 Å². The van der Waals surface area contributed by atoms with E-state index in [1.807, 2.05) is 12.1 Å². The molecule has 2 aliphatic rings. The summed E-state index contributed by atoms with van der Waals surface area (Å²) in [7, 11) is 0. The molecule has 5 heteroatoms. The van der Waals surface area contributed by atoms with Gasteiger partial charge in [-0.25, -0.2) is 0 Å². The van der Waals surface area contributed by atoms with Crippen LogP contribution in [0.25, 0.3) is 6.08 Å². The predicted molar refractivity (Wildman–Crippen MR) is 76.7 cm³/mol. The van der Waals surface area contributed by atoms with E-state index in [0.717, 1.165) is 11.3 Å². The zero-order valence-electron chi connectivity index (χ0n) is 11.0. The summed E-state index contributed by atoms with van der Waals surface area (Å²) in [6.45, 7) is 1.48. The zero-order valence-corrected chi connectivity index (χ0v) is 11.8. The summed E-state index contributed by atoms with van der Waals surface area (Å²) in [6, 6.07) is 5.38. The number of carbonyl (C=O) groups excluding carboxylic acids is 1. The Morgan fingerprint density at radius 3 is 2.85 bits per heavy atom. The first-order chi connectivity index (χ1) is 9.63. The van der Waals surface area contributed by atoms with Gasteiger partial charge in [0, 0.05) is 23.7 Å². The van der Waals surface area contributed by atoms with Gasteiger partial charge in [-0.1, -0.05) is 11.6 Å². The highest BCUT2D eigenvalue weighted by Gasteiger charge is 2.25. The van der Waals surface area contributed by atoms with Crippen molar-refractivity contribution in [1.82, 2.24) is 4.90 Å². The lowest BCUT2D eigenvalue weighted by molar-refractivity contribution is -0.129. The molecule has 1 amide bonds. The molecule has 1 fully saturated rings. The third-order valence-corrected chi connectivity index (χ3v) is 3.95. The first-order valence-corrected chi connectivity index (χ1v) is 7.11. The zero-order chi connectivity index (χ0) is 14.1. The minimum Gasteiger partial charge on any atom is -0.488 e. The van der Waals surface area contributed by atoms with Crippen LogP contribution in [-0.2, 0) is 4.79 Å². The molecule has 3 rings (SSSR count). The fraction of sp³-hybridized carbons (Fsp3) is 0.400. The van der Waals surface area contributed by atoms with Crippen LogP contribution in [0.5, 0.6) is 5.75 Å². The number of hydrogen-bond acceptors (Lipinski definition) is 3. The Bertz CT molecular complexity index is 562. The van der Waals surface area contributed by atoms with Crippen LogP contribution in [0.2, 0.25) is 5.02 Å². The van der Waals surface area contributed by atoms with Gasteiger partial charge in [-0.05, 0) is 37.1 Å². The number of rotatable bonds is 1. The number of aliphatic hydroxyl groups excluding tert-OH is 1. The van der Waals surface area contributed by atoms with E-state index in [4.69, 9.17) is 16.3 Å². The monoisotopic (exact) mass is 293 g/mol. The van der Waals surface area contributed by atoms with E-state index in [0.29, 0.717) is 36.5 Å². The van der Waals surface area contributed by atoms with E-state index >= 15 is 0 Å². The largest absolute Gasteiger partial charge is 0.488 e. The number of halogens is 1. The Labute approximate surface area is 122 Å². The van der Waals surface area contributed by atoms with Crippen molar-refractivity contribution in [1.29, 1.82) is 0 Å². The van der Waals surface area contributed by atoms with Gasteiger partial charge in [0.15, 0.2) is 0 Å². The Kier molecular flexibility index (Phi) is 3.68. The van der Waals surface area contributed by atoms with Crippen LogP contribution in [0.4, 0.5) is 0 Å². The summed E-state index contributed by atoms with van der Waals surface area (Å²) in [5.74, 6) is 0.738. The minimum atomic E-state index is -0.282. The number of carbonyl (C=O) groups is 1. The van der Waals surface area contributed by atoms with Crippen molar-refractivity contribution < 1.29 is 14.6 Å². The molecule has 0 unspecified atom stereocenters. The Morgan fingerprint density at radius 2 is 2.10 bits per heavy atom. The number of ether oxygens (including phenoxy) is 1. The van der Waals surface area contributed by atoms with Gasteiger partial charge in [0.2, 0.25) is 0 Å². The highest BCUT2D eigenvalue weighted by Crippen LogP contribution is 2.29. The van der Waals surface area contributed by atoms with Crippen LogP contribution < -0.4 is 4.74 Å². The van der Waals surface area contributed by atoms with Crippen molar-refractivity contribution in [3.8, 4) is 5.75 Å². The lowest BCUT2D eigenvalue weighted by Gasteiger charge is -2.31. The highest BCUT2D eigenvalue weighted by molar-refractivity contribution is 6.30. The Morgan fingerprint density at radius 1 is 1.35 bits per heavy atom. The molecular weight excluding hydrogens is 278 g/mol. The Hall–Kier alpha value is -1.52. The standard InChI is InChI=1S/C15H16ClNO3/c16-12-1-2-14-10(8-12)7-11(9-20-14)15(19)17-5-3-13(18)4-6-17/h1-2,7-8,13,18H,3-6,9H2. The number of aliphatic hydroxyl groups is 1. The molecular formula is C15H16ClNO3. The summed E-state index contributed by atoms with van der Waals surface area (Å²) < 4.78 is 5.60. The summed E-state index contributed by atoms with van der Waals surface area (Å²) >= 11 is 5.96. The van der Waals surface area contributed by atoms with Gasteiger partial charge in [-0.2, -0.15) is 0 Å². The van der Waals surface area contributed by atoms with Crippen LogP contribution in [0.3, 0.4) is 0 Å². The molecule has 0 radical (unpaired) electrons. The lowest BCUT2D eigenvalue weighted by atomic mass is 10.0. The number of benzene rings is 1. The van der Waals surface area contributed by atoms with Crippen molar-refractivity contribution in [2.45, 2.75) is 18.9 Å². The first-order valence-electron chi connectivity index (χ1n) is 6.74. The van der Waals surface area contributed by atoms with Crippen molar-refractivity contribution >= 4 is 23.6 Å². The predicted octanol–water partition coefficient (Wildman–Crippen LogP) is 2.10. The fourth-order valence-corrected chi connectivity index (χ4v) is 2.72. The highest BCUT2D eigenvalue weighted by atomic mass is 35.5. The van der Waals surface area contributed by atoms with Gasteiger partial charge >= 0.3 is 0 Å². The third-order valence-electron chi connectivity index (χ3n) is 3.71. The number of amides is 1. The normalized spacial score (nSPS) is 19.1. The summed E-state index contributed by atoms with van der Waals surface area (Å²) in [6.07, 6.45) is 2.85. The summed E-state index contributed by atoms with van der Waals surface area (Å²) in [4.78, 5) is 14.2. The summed E-state index contributed by atoms with van der Waals surface area (Å²) in [5.41, 5.74) is 1.47. The molecule has 0 saturated carbocycles. The van der Waals surface area contributed by atoms with Crippen molar-refractivity contribution in [3.05, 3.63) is 34.4 Å². The quantitative estimate of drug-likeness (QED) is 0.863. The van der Waals surface area contributed by atoms with Crippen LogP contribution in [0.1, 0.15) is 18.4 Å². The van der Waals surface area contributed by atoms with Gasteiger partial charge in [0.05, 0.1) is 11.7 Å². The lowest BCUT2D eigenvalue weighted by Crippen LogP contribution is -2.41. The smallest absolute Gasteiger partial charge is 0.253 e. The molecule has 2 aliphatic heterocycles. The van der Waals surface area contributed by atoms with Crippen LogP contribution >= 0.6 is 11.6 Å². The number of nitrogens with zero attached hydrogens (tertiary/aromatic N) is 1. The minimum absolute atomic E-state index is 0.0116. The molecule has 2 heterocycles. The number of fused-ring (bicyclic) bond motifs is 1. The van der Waals surface area contributed by atoms with Crippen molar-refractivity contribution in [2.75, 3.05) is 19.7 Å². The van der Waals surface area contributed by atoms with E-state index in [2.05, 4.69) is 0 Å². The maximum atomic E-state index is 12.4. The van der Waals surface area contributed by atoms with E-state index in [1.165, 1.54) is 0 Å². The molecule has 0 spiro atoms. The van der Waals surface area contributed by atoms with Gasteiger partial charge in [0.1, 0.15) is 12.4 Å². The molecule has 4 nitrogen and oxygen atoms in total. The molecule has 20 heavy (non-hydrogen) atoms. The second-order valence-corrected chi connectivity index (χ2v) is 5.60. The number of likely N-dealkylation sites (tertiary alicyclic amines) is 1. The molecule has 1 N–H and O–H groups in total. The van der Waals surface area contributed by atoms with Crippen LogP contribution in [-0.4, -0.2) is 41.7 Å². The van der Waals surface area contributed by atoms with Crippen molar-refractivity contribution in [2.24, 2.45) is 0 Å². The molecule has 1 saturated heterocycles. The molecule has 0 aromatic heterocycles. The molecule has 0 atom stereocenters. The number of piperidine rings is 1. The molecule has 1 aromatic rings. The van der Waals surface area contributed by atoms with E-state index in [9.17, 15) is 9.90 Å². The second-order valence-electron chi connectivity index (χ2n) is 5.16. The number of hydrogen-bond donors (Lipinski definition) is 1. The topological polar surface area (TPSA) is 49.8 Å². The third kappa shape index (κ3) is 2.67. The maximum absolute atomic E-state index is 12.4. The van der Waals surface area contributed by atoms with E-state index in [-0.39, 0.29) is 18.6 Å². The summed E-state index contributed by atoms with van der Waals surface area (Å²) in [5, 5.41) is 10.1. The molecule has 1 aromatic carbocycles. The SMILES string of the molecule is O=C(C1=Cc2cc(Cl)ccc2OC1)N1CCC(O)CC1. The molecule has 0 aliphatic carbocycles. The first kappa shape index (κ1) is 13.5. The Balaban J connectivity index is 1.79. The fourth-order valence-electron chi connectivity index (χ4n) is 2.54. The van der Waals surface area contributed by atoms with Crippen LogP contribution in [0, 0.1) is 0 Å². The van der Waals surface area contributed by atoms with E-state index in [1.54, 1.807) is 17.0 Å².